The minimum absolute atomic E-state index is 0.0722. The minimum atomic E-state index is -0.481. The third-order valence-electron chi connectivity index (χ3n) is 4.42. The quantitative estimate of drug-likeness (QED) is 0.301. The molecule has 0 radical (unpaired) electrons. The van der Waals surface area contributed by atoms with Gasteiger partial charge in [0.25, 0.3) is 5.91 Å². The molecule has 0 saturated heterocycles. The average molecular weight is 534 g/mol. The van der Waals surface area contributed by atoms with Gasteiger partial charge in [0.1, 0.15) is 10.1 Å². The number of amides is 1. The van der Waals surface area contributed by atoms with Crippen molar-refractivity contribution in [2.75, 3.05) is 0 Å². The highest BCUT2D eigenvalue weighted by molar-refractivity contribution is 9.10. The molecule has 32 heavy (non-hydrogen) atoms. The van der Waals surface area contributed by atoms with Gasteiger partial charge in [-0.05, 0) is 63.5 Å². The van der Waals surface area contributed by atoms with E-state index >= 15 is 0 Å². The number of nitrogens with one attached hydrogen (secondary N) is 1. The molecule has 9 heteroatoms. The first-order valence-electron chi connectivity index (χ1n) is 9.49. The van der Waals surface area contributed by atoms with Crippen molar-refractivity contribution in [3.63, 3.8) is 0 Å². The molecule has 1 amide bonds. The van der Waals surface area contributed by atoms with Gasteiger partial charge >= 0.3 is 0 Å². The summed E-state index contributed by atoms with van der Waals surface area (Å²) in [6.07, 6.45) is 1.55. The van der Waals surface area contributed by atoms with E-state index in [0.717, 1.165) is 16.1 Å². The van der Waals surface area contributed by atoms with Crippen LogP contribution in [0.25, 0.3) is 10.9 Å². The van der Waals surface area contributed by atoms with Crippen molar-refractivity contribution in [1.82, 2.24) is 15.3 Å². The van der Waals surface area contributed by atoms with Crippen molar-refractivity contribution in [2.24, 2.45) is 5.73 Å². The first-order valence-corrected chi connectivity index (χ1v) is 11.0. The maximum absolute atomic E-state index is 12.3. The minimum Gasteiger partial charge on any atom is -0.504 e. The Hall–Kier alpha value is -2.71. The van der Waals surface area contributed by atoms with Gasteiger partial charge in [-0.1, -0.05) is 47.5 Å². The Morgan fingerprint density at radius 3 is 2.19 bits per heavy atom. The van der Waals surface area contributed by atoms with Gasteiger partial charge in [-0.15, -0.1) is 0 Å². The van der Waals surface area contributed by atoms with E-state index in [1.807, 2.05) is 36.4 Å². The number of hydrogen-bond donors (Lipinski definition) is 3. The van der Waals surface area contributed by atoms with E-state index < -0.39 is 5.91 Å². The topological polar surface area (TPSA) is 101 Å². The average Bonchev–Trinajstić information content (AvgIpc) is 2.82. The Balaban J connectivity index is 0.000000269. The second-order valence-corrected chi connectivity index (χ2v) is 8.26. The summed E-state index contributed by atoms with van der Waals surface area (Å²) in [6, 6.07) is 18.1. The summed E-state index contributed by atoms with van der Waals surface area (Å²) in [6.45, 7) is 0.881. The molecule has 0 fully saturated rings. The molecule has 2 aromatic heterocycles. The van der Waals surface area contributed by atoms with Crippen LogP contribution in [-0.2, 0) is 13.1 Å². The molecule has 0 aliphatic rings. The van der Waals surface area contributed by atoms with Gasteiger partial charge in [-0.2, -0.15) is 0 Å². The summed E-state index contributed by atoms with van der Waals surface area (Å²) in [5.74, 6) is -0.719. The maximum Gasteiger partial charge on any atom is 0.274 e. The summed E-state index contributed by atoms with van der Waals surface area (Å²) in [7, 11) is 0. The molecule has 4 rings (SSSR count). The van der Waals surface area contributed by atoms with Crippen molar-refractivity contribution in [2.45, 2.75) is 13.1 Å². The Bertz CT molecular complexity index is 1220. The number of hydrogen-bond acceptors (Lipinski definition) is 5. The smallest absolute Gasteiger partial charge is 0.274 e. The van der Waals surface area contributed by atoms with E-state index in [-0.39, 0.29) is 11.4 Å². The monoisotopic (exact) mass is 532 g/mol. The molecule has 0 saturated carbocycles. The number of rotatable bonds is 4. The molecular weight excluding hydrogens is 515 g/mol. The van der Waals surface area contributed by atoms with E-state index in [9.17, 15) is 9.90 Å². The summed E-state index contributed by atoms with van der Waals surface area (Å²) in [5, 5.41) is 15.0. The molecule has 4 N–H and O–H groups in total. The predicted octanol–water partition coefficient (Wildman–Crippen LogP) is 5.48. The number of halogens is 3. The zero-order valence-corrected chi connectivity index (χ0v) is 19.8. The highest BCUT2D eigenvalue weighted by atomic mass is 79.9. The van der Waals surface area contributed by atoms with Crippen LogP contribution in [0.3, 0.4) is 0 Å². The Labute approximate surface area is 203 Å². The van der Waals surface area contributed by atoms with Crippen molar-refractivity contribution in [1.29, 1.82) is 0 Å². The molecule has 4 aromatic rings. The van der Waals surface area contributed by atoms with Gasteiger partial charge in [-0.3, -0.25) is 9.78 Å². The second-order valence-electron chi connectivity index (χ2n) is 6.64. The van der Waals surface area contributed by atoms with Crippen LogP contribution in [0.1, 0.15) is 21.6 Å². The largest absolute Gasteiger partial charge is 0.504 e. The first kappa shape index (κ1) is 23.9. The zero-order chi connectivity index (χ0) is 23.1. The number of fused-ring (bicyclic) bond motifs is 1. The van der Waals surface area contributed by atoms with Crippen LogP contribution in [0.4, 0.5) is 0 Å². The van der Waals surface area contributed by atoms with Crippen LogP contribution >= 0.6 is 39.1 Å². The number of carbonyl (C=O) groups is 1. The second kappa shape index (κ2) is 11.2. The molecule has 2 heterocycles. The number of aromatic nitrogens is 2. The number of aromatic hydroxyl groups is 1. The standard InChI is InChI=1S/C16H11BrClN3O2.C7H8ClN/c17-15-11-2-1-7-19-12(11)14(22)13(21-15)16(23)20-8-9-3-5-10(18)6-4-9;8-7-3-1-6(5-9)2-4-7/h1-7,22H,8H2,(H,20,23);1-4H,5,9H2. The third-order valence-corrected chi connectivity index (χ3v) is 5.53. The fourth-order valence-corrected chi connectivity index (χ4v) is 3.48. The van der Waals surface area contributed by atoms with Crippen LogP contribution in [0.5, 0.6) is 5.75 Å². The Kier molecular flexibility index (Phi) is 8.41. The maximum atomic E-state index is 12.3. The van der Waals surface area contributed by atoms with Gasteiger partial charge in [0.15, 0.2) is 11.4 Å². The number of nitrogens with two attached hydrogens (primary N) is 1. The lowest BCUT2D eigenvalue weighted by molar-refractivity contribution is 0.0943. The van der Waals surface area contributed by atoms with E-state index in [2.05, 4.69) is 31.2 Å². The zero-order valence-electron chi connectivity index (χ0n) is 16.7. The van der Waals surface area contributed by atoms with Gasteiger partial charge in [0, 0.05) is 34.7 Å². The van der Waals surface area contributed by atoms with Crippen LogP contribution in [0.15, 0.2) is 71.5 Å². The first-order chi connectivity index (χ1) is 15.4. The van der Waals surface area contributed by atoms with Crippen molar-refractivity contribution >= 4 is 55.9 Å². The van der Waals surface area contributed by atoms with E-state index in [0.29, 0.717) is 33.6 Å². The molecule has 0 unspecified atom stereocenters. The van der Waals surface area contributed by atoms with Crippen LogP contribution in [0.2, 0.25) is 10.0 Å². The predicted molar refractivity (Wildman–Crippen MR) is 131 cm³/mol. The number of pyridine rings is 2. The molecule has 2 aromatic carbocycles. The number of benzene rings is 2. The molecule has 0 aliphatic heterocycles. The van der Waals surface area contributed by atoms with Crippen LogP contribution in [-0.4, -0.2) is 21.0 Å². The highest BCUT2D eigenvalue weighted by Crippen LogP contribution is 2.30. The fraction of sp³-hybridized carbons (Fsp3) is 0.0870. The molecule has 0 atom stereocenters. The lowest BCUT2D eigenvalue weighted by atomic mass is 10.2. The van der Waals surface area contributed by atoms with Gasteiger partial charge < -0.3 is 16.2 Å². The van der Waals surface area contributed by atoms with Crippen LogP contribution < -0.4 is 11.1 Å². The van der Waals surface area contributed by atoms with Gasteiger partial charge in [0.2, 0.25) is 0 Å². The Morgan fingerprint density at radius 2 is 1.59 bits per heavy atom. The molecule has 164 valence electrons. The van der Waals surface area contributed by atoms with Crippen molar-refractivity contribution in [3.8, 4) is 5.75 Å². The SMILES string of the molecule is NCc1ccc(Cl)cc1.O=C(NCc1ccc(Cl)cc1)c1nc(Br)c2cccnc2c1O. The van der Waals surface area contributed by atoms with Crippen molar-refractivity contribution in [3.05, 3.63) is 98.3 Å². The number of carbonyl (C=O) groups excluding carboxylic acids is 1. The Morgan fingerprint density at radius 1 is 1.00 bits per heavy atom. The third kappa shape index (κ3) is 6.17. The van der Waals surface area contributed by atoms with E-state index in [4.69, 9.17) is 28.9 Å². The molecule has 0 bridgehead atoms. The van der Waals surface area contributed by atoms with Gasteiger partial charge in [0.05, 0.1) is 0 Å². The lowest BCUT2D eigenvalue weighted by Gasteiger charge is -2.09. The summed E-state index contributed by atoms with van der Waals surface area (Å²) in [5.41, 5.74) is 7.61. The van der Waals surface area contributed by atoms with Gasteiger partial charge in [-0.25, -0.2) is 4.98 Å². The molecule has 6 nitrogen and oxygen atoms in total. The normalized spacial score (nSPS) is 10.4. The van der Waals surface area contributed by atoms with Crippen LogP contribution in [0, 0.1) is 0 Å². The summed E-state index contributed by atoms with van der Waals surface area (Å²) in [4.78, 5) is 20.5. The summed E-state index contributed by atoms with van der Waals surface area (Å²) >= 11 is 14.7. The highest BCUT2D eigenvalue weighted by Gasteiger charge is 2.18. The van der Waals surface area contributed by atoms with E-state index in [1.54, 1.807) is 30.5 Å². The van der Waals surface area contributed by atoms with E-state index in [1.165, 1.54) is 0 Å². The molecule has 0 spiro atoms. The molecule has 0 aliphatic carbocycles. The summed E-state index contributed by atoms with van der Waals surface area (Å²) < 4.78 is 0.454. The molecular formula is C23H19BrCl2N4O2. The number of nitrogens with zero attached hydrogens (tertiary/aromatic N) is 2. The van der Waals surface area contributed by atoms with Crippen molar-refractivity contribution < 1.29 is 9.90 Å². The fourth-order valence-electron chi connectivity index (χ4n) is 2.73. The lowest BCUT2D eigenvalue weighted by Crippen LogP contribution is -2.24.